The molecule has 1 saturated heterocycles. The number of benzene rings is 1. The Labute approximate surface area is 115 Å². The third-order valence-corrected chi connectivity index (χ3v) is 4.33. The van der Waals surface area contributed by atoms with Gasteiger partial charge in [-0.2, -0.15) is 0 Å². The molecule has 0 bridgehead atoms. The lowest BCUT2D eigenvalue weighted by molar-refractivity contribution is -0.130. The summed E-state index contributed by atoms with van der Waals surface area (Å²) < 4.78 is 0. The number of carbonyl (C=O) groups excluding carboxylic acids is 1. The van der Waals surface area contributed by atoms with Crippen LogP contribution >= 0.6 is 0 Å². The molecule has 1 atom stereocenters. The van der Waals surface area contributed by atoms with E-state index < -0.39 is 0 Å². The van der Waals surface area contributed by atoms with E-state index in [1.165, 1.54) is 16.7 Å². The summed E-state index contributed by atoms with van der Waals surface area (Å²) in [6.07, 6.45) is 3.06. The van der Waals surface area contributed by atoms with Gasteiger partial charge in [0.25, 0.3) is 0 Å². The van der Waals surface area contributed by atoms with E-state index in [2.05, 4.69) is 44.3 Å². The molecule has 1 aliphatic heterocycles. The summed E-state index contributed by atoms with van der Waals surface area (Å²) in [7, 11) is 0. The van der Waals surface area contributed by atoms with Crippen molar-refractivity contribution in [3.8, 4) is 0 Å². The third kappa shape index (κ3) is 1.96. The van der Waals surface area contributed by atoms with Crippen molar-refractivity contribution in [2.75, 3.05) is 6.54 Å². The molecule has 2 aliphatic rings. The van der Waals surface area contributed by atoms with Crippen molar-refractivity contribution >= 4 is 5.91 Å². The highest BCUT2D eigenvalue weighted by molar-refractivity contribution is 5.92. The average molecular weight is 258 g/mol. The Morgan fingerprint density at radius 3 is 2.68 bits per heavy atom. The monoisotopic (exact) mass is 258 g/mol. The van der Waals surface area contributed by atoms with Crippen LogP contribution in [-0.2, 0) is 4.79 Å². The molecule has 1 aliphatic carbocycles. The Hall–Kier alpha value is -1.35. The molecule has 0 radical (unpaired) electrons. The summed E-state index contributed by atoms with van der Waals surface area (Å²) in [5.41, 5.74) is 3.56. The van der Waals surface area contributed by atoms with E-state index in [1.807, 2.05) is 4.90 Å². The summed E-state index contributed by atoms with van der Waals surface area (Å²) >= 11 is 0. The molecule has 1 unspecified atom stereocenters. The van der Waals surface area contributed by atoms with Crippen LogP contribution in [0.15, 0.2) is 18.2 Å². The molecule has 0 aromatic heterocycles. The molecule has 1 aromatic rings. The van der Waals surface area contributed by atoms with Gasteiger partial charge in [0.05, 0.1) is 0 Å². The molecular formula is C16H22N2O. The molecule has 2 fully saturated rings. The van der Waals surface area contributed by atoms with E-state index in [-0.39, 0.29) is 11.7 Å². The fourth-order valence-corrected chi connectivity index (χ4v) is 3.13. The van der Waals surface area contributed by atoms with Gasteiger partial charge in [-0.05, 0) is 44.2 Å². The minimum atomic E-state index is -0.225. The van der Waals surface area contributed by atoms with Gasteiger partial charge in [-0.3, -0.25) is 10.1 Å². The molecule has 1 amide bonds. The SMILES string of the molecule is CCCN1C(=O)C2(CC2)NC1c1ccc(C)cc1C. The molecule has 3 heteroatoms. The first-order chi connectivity index (χ1) is 9.07. The van der Waals surface area contributed by atoms with Crippen LogP contribution in [0.2, 0.25) is 0 Å². The van der Waals surface area contributed by atoms with Crippen molar-refractivity contribution in [2.24, 2.45) is 0 Å². The van der Waals surface area contributed by atoms with Crippen molar-refractivity contribution in [2.45, 2.75) is 51.7 Å². The number of nitrogens with zero attached hydrogens (tertiary/aromatic N) is 1. The van der Waals surface area contributed by atoms with Crippen molar-refractivity contribution in [1.82, 2.24) is 10.2 Å². The van der Waals surface area contributed by atoms with Crippen LogP contribution < -0.4 is 5.32 Å². The number of aryl methyl sites for hydroxylation is 2. The van der Waals surface area contributed by atoms with Crippen molar-refractivity contribution in [1.29, 1.82) is 0 Å². The van der Waals surface area contributed by atoms with E-state index in [9.17, 15) is 4.79 Å². The van der Waals surface area contributed by atoms with Gasteiger partial charge in [0.1, 0.15) is 11.7 Å². The maximum atomic E-state index is 12.5. The van der Waals surface area contributed by atoms with Gasteiger partial charge < -0.3 is 4.90 Å². The molecule has 19 heavy (non-hydrogen) atoms. The van der Waals surface area contributed by atoms with Crippen LogP contribution in [0, 0.1) is 13.8 Å². The second kappa shape index (κ2) is 4.34. The standard InChI is InChI=1S/C16H22N2O/c1-4-9-18-14(17-16(7-8-16)15(18)19)13-6-5-11(2)10-12(13)3/h5-6,10,14,17H,4,7-9H2,1-3H3. The van der Waals surface area contributed by atoms with E-state index in [0.29, 0.717) is 5.91 Å². The van der Waals surface area contributed by atoms with E-state index in [0.717, 1.165) is 25.8 Å². The lowest BCUT2D eigenvalue weighted by Gasteiger charge is -2.25. The first-order valence-electron chi connectivity index (χ1n) is 7.23. The zero-order valence-electron chi connectivity index (χ0n) is 12.0. The molecule has 1 spiro atoms. The van der Waals surface area contributed by atoms with Crippen LogP contribution in [0.5, 0.6) is 0 Å². The molecule has 1 saturated carbocycles. The molecule has 1 heterocycles. The van der Waals surface area contributed by atoms with Gasteiger partial charge in [-0.15, -0.1) is 0 Å². The van der Waals surface area contributed by atoms with E-state index >= 15 is 0 Å². The minimum absolute atomic E-state index is 0.0653. The fraction of sp³-hybridized carbons (Fsp3) is 0.562. The fourth-order valence-electron chi connectivity index (χ4n) is 3.13. The first-order valence-corrected chi connectivity index (χ1v) is 7.23. The third-order valence-electron chi connectivity index (χ3n) is 4.33. The summed E-state index contributed by atoms with van der Waals surface area (Å²) in [5.74, 6) is 0.305. The minimum Gasteiger partial charge on any atom is -0.321 e. The maximum absolute atomic E-state index is 12.5. The average Bonchev–Trinajstić information content (AvgIpc) is 3.09. The quantitative estimate of drug-likeness (QED) is 0.904. The Kier molecular flexibility index (Phi) is 2.90. The van der Waals surface area contributed by atoms with Crippen LogP contribution in [0.1, 0.15) is 49.0 Å². The summed E-state index contributed by atoms with van der Waals surface area (Å²) in [4.78, 5) is 14.5. The first kappa shape index (κ1) is 12.7. The van der Waals surface area contributed by atoms with Crippen LogP contribution in [0.4, 0.5) is 0 Å². The number of rotatable bonds is 3. The Morgan fingerprint density at radius 1 is 1.37 bits per heavy atom. The van der Waals surface area contributed by atoms with Crippen molar-refractivity contribution in [3.63, 3.8) is 0 Å². The molecule has 3 nitrogen and oxygen atoms in total. The Bertz CT molecular complexity index is 519. The van der Waals surface area contributed by atoms with E-state index in [1.54, 1.807) is 0 Å². The maximum Gasteiger partial charge on any atom is 0.244 e. The topological polar surface area (TPSA) is 32.3 Å². The lowest BCUT2D eigenvalue weighted by Crippen LogP contribution is -2.32. The number of hydrogen-bond donors (Lipinski definition) is 1. The van der Waals surface area contributed by atoms with E-state index in [4.69, 9.17) is 0 Å². The Balaban J connectivity index is 1.96. The Morgan fingerprint density at radius 2 is 2.11 bits per heavy atom. The smallest absolute Gasteiger partial charge is 0.244 e. The van der Waals surface area contributed by atoms with Gasteiger partial charge >= 0.3 is 0 Å². The number of carbonyl (C=O) groups is 1. The van der Waals surface area contributed by atoms with Gasteiger partial charge in [0.15, 0.2) is 0 Å². The van der Waals surface area contributed by atoms with Gasteiger partial charge in [-0.25, -0.2) is 0 Å². The molecule has 1 aromatic carbocycles. The lowest BCUT2D eigenvalue weighted by atomic mass is 10.0. The van der Waals surface area contributed by atoms with Crippen LogP contribution in [0.25, 0.3) is 0 Å². The second-order valence-electron chi connectivity index (χ2n) is 5.99. The highest BCUT2D eigenvalue weighted by Crippen LogP contribution is 2.46. The molecule has 102 valence electrons. The van der Waals surface area contributed by atoms with Crippen molar-refractivity contribution < 1.29 is 4.79 Å². The molecule has 3 rings (SSSR count). The van der Waals surface area contributed by atoms with Crippen LogP contribution in [-0.4, -0.2) is 22.9 Å². The number of amides is 1. The predicted molar refractivity (Wildman–Crippen MR) is 75.8 cm³/mol. The highest BCUT2D eigenvalue weighted by atomic mass is 16.2. The van der Waals surface area contributed by atoms with Crippen molar-refractivity contribution in [3.05, 3.63) is 34.9 Å². The zero-order chi connectivity index (χ0) is 13.6. The number of hydrogen-bond acceptors (Lipinski definition) is 2. The zero-order valence-corrected chi connectivity index (χ0v) is 12.0. The normalized spacial score (nSPS) is 24.3. The van der Waals surface area contributed by atoms with Gasteiger partial charge in [0, 0.05) is 6.54 Å². The number of nitrogens with one attached hydrogen (secondary N) is 1. The highest BCUT2D eigenvalue weighted by Gasteiger charge is 2.59. The largest absolute Gasteiger partial charge is 0.321 e. The summed E-state index contributed by atoms with van der Waals surface area (Å²) in [5, 5.41) is 3.58. The predicted octanol–water partition coefficient (Wildman–Crippen LogP) is 2.68. The molecular weight excluding hydrogens is 236 g/mol. The summed E-state index contributed by atoms with van der Waals surface area (Å²) in [6, 6.07) is 6.50. The summed E-state index contributed by atoms with van der Waals surface area (Å²) in [6.45, 7) is 7.21. The van der Waals surface area contributed by atoms with Crippen LogP contribution in [0.3, 0.4) is 0 Å². The second-order valence-corrected chi connectivity index (χ2v) is 5.99. The molecule has 1 N–H and O–H groups in total. The van der Waals surface area contributed by atoms with Gasteiger partial charge in [0.2, 0.25) is 5.91 Å². The van der Waals surface area contributed by atoms with Gasteiger partial charge in [-0.1, -0.05) is 30.7 Å².